The molecule has 8 nitrogen and oxygen atoms in total. The number of anilines is 1. The molecule has 0 aliphatic carbocycles. The van der Waals surface area contributed by atoms with Crippen molar-refractivity contribution in [3.05, 3.63) is 60.0 Å². The van der Waals surface area contributed by atoms with Gasteiger partial charge in [-0.05, 0) is 24.3 Å². The fraction of sp³-hybridized carbons (Fsp3) is 0.190. The Morgan fingerprint density at radius 2 is 2.07 bits per heavy atom. The van der Waals surface area contributed by atoms with Gasteiger partial charge >= 0.3 is 0 Å². The number of aromatic nitrogens is 4. The van der Waals surface area contributed by atoms with E-state index in [-0.39, 0.29) is 11.8 Å². The van der Waals surface area contributed by atoms with Crippen molar-refractivity contribution in [1.82, 2.24) is 19.6 Å². The number of fused-ring (bicyclic) bond motifs is 2. The Balaban J connectivity index is 1.71. The predicted octanol–water partition coefficient (Wildman–Crippen LogP) is 3.22. The first-order chi connectivity index (χ1) is 14.2. The van der Waals surface area contributed by atoms with Crippen molar-refractivity contribution >= 4 is 17.4 Å². The molecule has 0 saturated carbocycles. The quantitative estimate of drug-likeness (QED) is 0.559. The van der Waals surface area contributed by atoms with Gasteiger partial charge in [-0.2, -0.15) is 5.10 Å². The van der Waals surface area contributed by atoms with Gasteiger partial charge in [-0.3, -0.25) is 9.89 Å². The van der Waals surface area contributed by atoms with E-state index < -0.39 is 0 Å². The summed E-state index contributed by atoms with van der Waals surface area (Å²) in [5.74, 6) is 1.62. The Hall–Kier alpha value is -3.81. The average molecular weight is 389 g/mol. The number of aromatic amines is 1. The van der Waals surface area contributed by atoms with Gasteiger partial charge in [-0.25, -0.2) is 4.98 Å². The van der Waals surface area contributed by atoms with Crippen molar-refractivity contribution < 1.29 is 14.3 Å². The first-order valence-corrected chi connectivity index (χ1v) is 9.22. The molecule has 146 valence electrons. The second kappa shape index (κ2) is 6.66. The maximum atomic E-state index is 12.4. The van der Waals surface area contributed by atoms with Crippen LogP contribution in [0.4, 0.5) is 5.82 Å². The molecule has 1 atom stereocenters. The van der Waals surface area contributed by atoms with Crippen molar-refractivity contribution in [3.8, 4) is 22.8 Å². The third-order valence-electron chi connectivity index (χ3n) is 5.28. The van der Waals surface area contributed by atoms with E-state index in [1.165, 1.54) is 0 Å². The van der Waals surface area contributed by atoms with Crippen LogP contribution in [0.15, 0.2) is 48.8 Å². The van der Waals surface area contributed by atoms with Crippen LogP contribution in [0.25, 0.3) is 16.9 Å². The van der Waals surface area contributed by atoms with Gasteiger partial charge < -0.3 is 19.2 Å². The zero-order valence-electron chi connectivity index (χ0n) is 16.0. The Morgan fingerprint density at radius 1 is 1.17 bits per heavy atom. The molecular formula is C21H19N5O3. The van der Waals surface area contributed by atoms with Gasteiger partial charge in [0.1, 0.15) is 17.1 Å². The normalized spacial score (nSPS) is 15.8. The summed E-state index contributed by atoms with van der Waals surface area (Å²) in [6.07, 6.45) is 4.09. The fourth-order valence-electron chi connectivity index (χ4n) is 3.93. The molecule has 5 rings (SSSR count). The fourth-order valence-corrected chi connectivity index (χ4v) is 3.93. The minimum absolute atomic E-state index is 0.0758. The number of nitrogens with one attached hydrogen (secondary N) is 2. The highest BCUT2D eigenvalue weighted by Crippen LogP contribution is 2.44. The summed E-state index contributed by atoms with van der Waals surface area (Å²) in [5, 5.41) is 10.3. The van der Waals surface area contributed by atoms with Crippen LogP contribution in [0, 0.1) is 0 Å². The molecule has 1 aromatic carbocycles. The molecule has 1 unspecified atom stereocenters. The number of rotatable bonds is 4. The second-order valence-corrected chi connectivity index (χ2v) is 6.84. The molecule has 4 aromatic rings. The maximum absolute atomic E-state index is 12.4. The van der Waals surface area contributed by atoms with E-state index in [1.807, 2.05) is 53.2 Å². The van der Waals surface area contributed by atoms with Gasteiger partial charge in [-0.15, -0.1) is 0 Å². The molecule has 1 aliphatic rings. The first kappa shape index (κ1) is 17.3. The molecule has 0 radical (unpaired) electrons. The third kappa shape index (κ3) is 2.72. The Kier molecular flexibility index (Phi) is 3.97. The summed E-state index contributed by atoms with van der Waals surface area (Å²) in [5.41, 5.74) is 4.33. The van der Waals surface area contributed by atoms with Crippen molar-refractivity contribution in [2.45, 2.75) is 12.3 Å². The lowest BCUT2D eigenvalue weighted by Gasteiger charge is -2.23. The molecule has 29 heavy (non-hydrogen) atoms. The van der Waals surface area contributed by atoms with E-state index in [4.69, 9.17) is 9.47 Å². The lowest BCUT2D eigenvalue weighted by molar-refractivity contribution is -0.116. The highest BCUT2D eigenvalue weighted by atomic mass is 16.5. The zero-order chi connectivity index (χ0) is 20.0. The number of imidazole rings is 1. The molecule has 0 spiro atoms. The van der Waals surface area contributed by atoms with Crippen LogP contribution in [0.2, 0.25) is 0 Å². The highest BCUT2D eigenvalue weighted by molar-refractivity contribution is 5.96. The van der Waals surface area contributed by atoms with Crippen molar-refractivity contribution in [3.63, 3.8) is 0 Å². The van der Waals surface area contributed by atoms with Crippen molar-refractivity contribution in [2.24, 2.45) is 0 Å². The van der Waals surface area contributed by atoms with Crippen molar-refractivity contribution in [1.29, 1.82) is 0 Å². The summed E-state index contributed by atoms with van der Waals surface area (Å²) < 4.78 is 12.9. The molecule has 1 amide bonds. The van der Waals surface area contributed by atoms with Crippen LogP contribution in [-0.4, -0.2) is 39.7 Å². The number of amides is 1. The Morgan fingerprint density at radius 3 is 2.90 bits per heavy atom. The number of hydrogen-bond acceptors (Lipinski definition) is 5. The van der Waals surface area contributed by atoms with Crippen LogP contribution in [0.1, 0.15) is 23.6 Å². The summed E-state index contributed by atoms with van der Waals surface area (Å²) in [6.45, 7) is 0. The Bertz CT molecular complexity index is 1230. The highest BCUT2D eigenvalue weighted by Gasteiger charge is 2.34. The number of methoxy groups -OCH3 is 2. The van der Waals surface area contributed by atoms with Gasteiger partial charge in [0.05, 0.1) is 25.6 Å². The molecule has 0 saturated heterocycles. The van der Waals surface area contributed by atoms with Gasteiger partial charge in [-0.1, -0.05) is 6.07 Å². The maximum Gasteiger partial charge on any atom is 0.226 e. The van der Waals surface area contributed by atoms with E-state index in [2.05, 4.69) is 20.5 Å². The van der Waals surface area contributed by atoms with Crippen LogP contribution >= 0.6 is 0 Å². The lowest BCUT2D eigenvalue weighted by Crippen LogP contribution is -2.24. The summed E-state index contributed by atoms with van der Waals surface area (Å²) >= 11 is 0. The zero-order valence-corrected chi connectivity index (χ0v) is 16.0. The van der Waals surface area contributed by atoms with E-state index >= 15 is 0 Å². The molecule has 1 aliphatic heterocycles. The standard InChI is InChI=1S/C21H19N5O3/c1-28-12-6-7-13(16(9-12)29-2)20-19-14(10-18(27)23-21(19)25-24-20)15-11-22-17-5-3-4-8-26(15)17/h3-9,11,14H,10H2,1-2H3,(H2,23,24,25,27). The van der Waals surface area contributed by atoms with E-state index in [0.29, 0.717) is 23.7 Å². The largest absolute Gasteiger partial charge is 0.497 e. The van der Waals surface area contributed by atoms with Crippen LogP contribution < -0.4 is 14.8 Å². The van der Waals surface area contributed by atoms with Crippen molar-refractivity contribution in [2.75, 3.05) is 19.5 Å². The van der Waals surface area contributed by atoms with Gasteiger partial charge in [0.15, 0.2) is 5.82 Å². The van der Waals surface area contributed by atoms with Crippen LogP contribution in [-0.2, 0) is 4.79 Å². The number of ether oxygens (including phenoxy) is 2. The number of pyridine rings is 1. The topological polar surface area (TPSA) is 93.5 Å². The number of H-pyrrole nitrogens is 1. The minimum Gasteiger partial charge on any atom is -0.497 e. The molecule has 4 heterocycles. The molecular weight excluding hydrogens is 370 g/mol. The number of carbonyl (C=O) groups is 1. The predicted molar refractivity (Wildman–Crippen MR) is 107 cm³/mol. The molecule has 8 heteroatoms. The van der Waals surface area contributed by atoms with E-state index in [0.717, 1.165) is 28.2 Å². The van der Waals surface area contributed by atoms with Gasteiger partial charge in [0.25, 0.3) is 0 Å². The molecule has 0 bridgehead atoms. The number of hydrogen-bond donors (Lipinski definition) is 2. The van der Waals surface area contributed by atoms with E-state index in [1.54, 1.807) is 14.2 Å². The number of nitrogens with zero attached hydrogens (tertiary/aromatic N) is 3. The van der Waals surface area contributed by atoms with Crippen LogP contribution in [0.3, 0.4) is 0 Å². The first-order valence-electron chi connectivity index (χ1n) is 9.22. The lowest BCUT2D eigenvalue weighted by atomic mass is 9.87. The Labute approximate surface area is 166 Å². The monoisotopic (exact) mass is 389 g/mol. The van der Waals surface area contributed by atoms with Crippen LogP contribution in [0.5, 0.6) is 11.5 Å². The average Bonchev–Trinajstić information content (AvgIpc) is 3.37. The van der Waals surface area contributed by atoms with Gasteiger partial charge in [0.2, 0.25) is 5.91 Å². The summed E-state index contributed by atoms with van der Waals surface area (Å²) in [6, 6.07) is 11.5. The second-order valence-electron chi connectivity index (χ2n) is 6.84. The summed E-state index contributed by atoms with van der Waals surface area (Å²) in [7, 11) is 3.23. The summed E-state index contributed by atoms with van der Waals surface area (Å²) in [4.78, 5) is 16.9. The third-order valence-corrected chi connectivity index (χ3v) is 5.28. The SMILES string of the molecule is COc1ccc(-c2[nH]nc3c2C(c2cnc4ccccn24)CC(=O)N3)c(OC)c1. The van der Waals surface area contributed by atoms with E-state index in [9.17, 15) is 4.79 Å². The minimum atomic E-state index is -0.197. The molecule has 0 fully saturated rings. The number of carbonyl (C=O) groups excluding carboxylic acids is 1. The van der Waals surface area contributed by atoms with Gasteiger partial charge in [0, 0.05) is 41.9 Å². The smallest absolute Gasteiger partial charge is 0.226 e. The molecule has 3 aromatic heterocycles. The molecule has 2 N–H and O–H groups in total. The number of benzene rings is 1.